The molecule has 0 aliphatic heterocycles. The zero-order valence-corrected chi connectivity index (χ0v) is 22.0. The number of alkyl halides is 2. The summed E-state index contributed by atoms with van der Waals surface area (Å²) in [5.41, 5.74) is 2.10. The third kappa shape index (κ3) is 6.15. The number of aromatic nitrogens is 5. The number of rotatable bonds is 9. The Morgan fingerprint density at radius 2 is 2.05 bits per heavy atom. The largest absolute Gasteiger partial charge is 0.468 e. The summed E-state index contributed by atoms with van der Waals surface area (Å²) >= 11 is 1.17. The summed E-state index contributed by atoms with van der Waals surface area (Å²) in [5.74, 6) is -1.10. The van der Waals surface area contributed by atoms with Gasteiger partial charge in [-0.25, -0.2) is 9.50 Å². The minimum atomic E-state index is -3.01. The van der Waals surface area contributed by atoms with Crippen LogP contribution in [0.25, 0.3) is 16.9 Å². The molecular weight excluding hydrogens is 556 g/mol. The predicted octanol–water partition coefficient (Wildman–Crippen LogP) is 4.64. The van der Waals surface area contributed by atoms with Crippen molar-refractivity contribution in [2.45, 2.75) is 22.9 Å². The fourth-order valence-electron chi connectivity index (χ4n) is 3.87. The fraction of sp³-hybridized carbons (Fsp3) is 0.111. The van der Waals surface area contributed by atoms with E-state index in [0.717, 1.165) is 0 Å². The van der Waals surface area contributed by atoms with E-state index in [4.69, 9.17) is 4.74 Å². The van der Waals surface area contributed by atoms with Crippen molar-refractivity contribution >= 4 is 35.0 Å². The number of carbonyl (C=O) groups excluding carboxylic acids is 2. The lowest BCUT2D eigenvalue weighted by atomic mass is 10.1. The zero-order valence-electron chi connectivity index (χ0n) is 21.2. The van der Waals surface area contributed by atoms with E-state index in [2.05, 4.69) is 25.2 Å². The van der Waals surface area contributed by atoms with Crippen LogP contribution >= 0.6 is 11.8 Å². The molecule has 14 heteroatoms. The van der Waals surface area contributed by atoms with E-state index < -0.39 is 18.5 Å². The molecule has 0 unspecified atom stereocenters. The Balaban J connectivity index is 1.48. The third-order valence-electron chi connectivity index (χ3n) is 5.69. The second kappa shape index (κ2) is 11.8. The molecule has 5 rings (SSSR count). The Bertz CT molecular complexity index is 1800. The Morgan fingerprint density at radius 3 is 2.83 bits per heavy atom. The number of hydrogen-bond acceptors (Lipinski definition) is 9. The molecule has 3 aromatic heterocycles. The van der Waals surface area contributed by atoms with Crippen LogP contribution in [0.15, 0.2) is 83.1 Å². The number of esters is 1. The average Bonchev–Trinajstić information content (AvgIpc) is 3.57. The maximum absolute atomic E-state index is 13.2. The number of ether oxygens (including phenoxy) is 2. The van der Waals surface area contributed by atoms with Gasteiger partial charge in [0.2, 0.25) is 0 Å². The molecule has 0 saturated carbocycles. The van der Waals surface area contributed by atoms with Crippen LogP contribution in [0.5, 0.6) is 5.75 Å². The molecule has 1 amide bonds. The molecule has 2 aromatic carbocycles. The summed E-state index contributed by atoms with van der Waals surface area (Å²) in [5, 5.41) is 21.0. The van der Waals surface area contributed by atoms with Gasteiger partial charge < -0.3 is 14.8 Å². The molecule has 0 aliphatic carbocycles. The lowest BCUT2D eigenvalue weighted by Crippen LogP contribution is -2.13. The van der Waals surface area contributed by atoms with Crippen molar-refractivity contribution in [1.82, 2.24) is 24.4 Å². The van der Waals surface area contributed by atoms with Gasteiger partial charge in [0.15, 0.2) is 5.65 Å². The number of halogens is 2. The van der Waals surface area contributed by atoms with Crippen LogP contribution in [0.1, 0.15) is 15.9 Å². The van der Waals surface area contributed by atoms with Crippen molar-refractivity contribution in [2.24, 2.45) is 0 Å². The second-order valence-electron chi connectivity index (χ2n) is 8.34. The summed E-state index contributed by atoms with van der Waals surface area (Å²) in [6.07, 6.45) is 6.10. The standard InChI is InChI=1S/C27H19F2N7O4S/c1-39-23(37)15-35-14-21(33-26(38)20-13-32-36-9-3-8-31-25(20)36)24(34-35)16-4-2-5-19(10-16)41-22-11-18(40-27(28)29)7-6-17(22)12-30/h2-11,13-14,27H,15H2,1H3,(H,33,38). The monoisotopic (exact) mass is 575 g/mol. The zero-order chi connectivity index (χ0) is 28.9. The van der Waals surface area contributed by atoms with Gasteiger partial charge >= 0.3 is 12.6 Å². The van der Waals surface area contributed by atoms with Gasteiger partial charge in [-0.3, -0.25) is 14.3 Å². The van der Waals surface area contributed by atoms with E-state index in [-0.39, 0.29) is 23.4 Å². The molecular formula is C27H19F2N7O4S. The maximum atomic E-state index is 13.2. The van der Waals surface area contributed by atoms with Crippen LogP contribution in [0.4, 0.5) is 14.5 Å². The van der Waals surface area contributed by atoms with Gasteiger partial charge in [-0.1, -0.05) is 23.9 Å². The van der Waals surface area contributed by atoms with Gasteiger partial charge in [0.05, 0.1) is 24.6 Å². The molecule has 41 heavy (non-hydrogen) atoms. The van der Waals surface area contributed by atoms with Crippen LogP contribution in [0, 0.1) is 11.3 Å². The van der Waals surface area contributed by atoms with Gasteiger partial charge in [0, 0.05) is 33.9 Å². The van der Waals surface area contributed by atoms with Gasteiger partial charge in [0.1, 0.15) is 29.6 Å². The average molecular weight is 576 g/mol. The molecule has 1 N–H and O–H groups in total. The lowest BCUT2D eigenvalue weighted by Gasteiger charge is -2.10. The van der Waals surface area contributed by atoms with E-state index in [9.17, 15) is 23.6 Å². The molecule has 0 saturated heterocycles. The summed E-state index contributed by atoms with van der Waals surface area (Å²) in [6, 6.07) is 14.8. The van der Waals surface area contributed by atoms with E-state index in [1.54, 1.807) is 42.7 Å². The molecule has 0 aliphatic rings. The first-order chi connectivity index (χ1) is 19.8. The SMILES string of the molecule is COC(=O)Cn1cc(NC(=O)c2cnn3cccnc23)c(-c2cccc(Sc3cc(OC(F)F)ccc3C#N)c2)n1. The Morgan fingerprint density at radius 1 is 1.20 bits per heavy atom. The van der Waals surface area contributed by atoms with Gasteiger partial charge in [-0.15, -0.1) is 0 Å². The summed E-state index contributed by atoms with van der Waals surface area (Å²) in [7, 11) is 1.26. The fourth-order valence-corrected chi connectivity index (χ4v) is 4.86. The van der Waals surface area contributed by atoms with E-state index in [1.165, 1.54) is 58.7 Å². The summed E-state index contributed by atoms with van der Waals surface area (Å²) in [6.45, 7) is -3.21. The van der Waals surface area contributed by atoms with Gasteiger partial charge in [-0.2, -0.15) is 24.2 Å². The molecule has 0 fully saturated rings. The molecule has 0 radical (unpaired) electrons. The number of nitrogens with one attached hydrogen (secondary N) is 1. The Labute approximate surface area is 235 Å². The highest BCUT2D eigenvalue weighted by Gasteiger charge is 2.20. The first kappa shape index (κ1) is 27.3. The molecule has 0 atom stereocenters. The molecule has 11 nitrogen and oxygen atoms in total. The van der Waals surface area contributed by atoms with Crippen molar-refractivity contribution in [3.8, 4) is 23.1 Å². The first-order valence-electron chi connectivity index (χ1n) is 11.9. The van der Waals surface area contributed by atoms with Crippen LogP contribution < -0.4 is 10.1 Å². The van der Waals surface area contributed by atoms with Crippen LogP contribution in [-0.2, 0) is 16.1 Å². The quantitative estimate of drug-likeness (QED) is 0.249. The number of nitrogens with zero attached hydrogens (tertiary/aromatic N) is 6. The Hall–Kier alpha value is -5.29. The minimum absolute atomic E-state index is 0.0774. The number of methoxy groups -OCH3 is 1. The number of hydrogen-bond donors (Lipinski definition) is 1. The summed E-state index contributed by atoms with van der Waals surface area (Å²) < 4.78 is 37.5. The number of amides is 1. The van der Waals surface area contributed by atoms with Crippen LogP contribution in [0.2, 0.25) is 0 Å². The molecule has 3 heterocycles. The normalized spacial score (nSPS) is 10.9. The number of nitriles is 1. The van der Waals surface area contributed by atoms with Crippen LogP contribution in [0.3, 0.4) is 0 Å². The van der Waals surface area contributed by atoms with E-state index >= 15 is 0 Å². The van der Waals surface area contributed by atoms with Crippen molar-refractivity contribution in [1.29, 1.82) is 5.26 Å². The first-order valence-corrected chi connectivity index (χ1v) is 12.7. The molecule has 206 valence electrons. The molecule has 0 spiro atoms. The van der Waals surface area contributed by atoms with E-state index in [1.807, 2.05) is 6.07 Å². The lowest BCUT2D eigenvalue weighted by molar-refractivity contribution is -0.141. The summed E-state index contributed by atoms with van der Waals surface area (Å²) in [4.78, 5) is 30.4. The van der Waals surface area contributed by atoms with Crippen LogP contribution in [-0.4, -0.2) is 50.0 Å². The highest BCUT2D eigenvalue weighted by atomic mass is 32.2. The molecule has 0 bridgehead atoms. The van der Waals surface area contributed by atoms with Gasteiger partial charge in [0.25, 0.3) is 5.91 Å². The highest BCUT2D eigenvalue weighted by Crippen LogP contribution is 2.36. The molecule has 5 aromatic rings. The second-order valence-corrected chi connectivity index (χ2v) is 9.46. The topological polar surface area (TPSA) is 136 Å². The van der Waals surface area contributed by atoms with Gasteiger partial charge in [-0.05, 0) is 36.4 Å². The number of anilines is 1. The number of carbonyl (C=O) groups is 2. The maximum Gasteiger partial charge on any atom is 0.387 e. The van der Waals surface area contributed by atoms with Crippen molar-refractivity contribution in [3.05, 3.63) is 84.4 Å². The van der Waals surface area contributed by atoms with E-state index in [0.29, 0.717) is 32.4 Å². The third-order valence-corrected chi connectivity index (χ3v) is 6.73. The number of benzene rings is 2. The highest BCUT2D eigenvalue weighted by molar-refractivity contribution is 7.99. The minimum Gasteiger partial charge on any atom is -0.468 e. The van der Waals surface area contributed by atoms with Crippen molar-refractivity contribution in [3.63, 3.8) is 0 Å². The number of fused-ring (bicyclic) bond motifs is 1. The smallest absolute Gasteiger partial charge is 0.387 e. The Kier molecular flexibility index (Phi) is 7.88. The van der Waals surface area contributed by atoms with Crippen molar-refractivity contribution in [2.75, 3.05) is 12.4 Å². The predicted molar refractivity (Wildman–Crippen MR) is 143 cm³/mol. The van der Waals surface area contributed by atoms with Crippen molar-refractivity contribution < 1.29 is 27.8 Å².